The Hall–Kier alpha value is -2.30. The van der Waals surface area contributed by atoms with E-state index in [0.717, 1.165) is 10.9 Å². The molecule has 1 atom stereocenters. The van der Waals surface area contributed by atoms with Gasteiger partial charge in [-0.25, -0.2) is 0 Å². The number of aromatic nitrogens is 1. The minimum absolute atomic E-state index is 0.189. The Bertz CT molecular complexity index is 604. The summed E-state index contributed by atoms with van der Waals surface area (Å²) in [5, 5.41) is 12.5. The number of fused-ring (bicyclic) bond motifs is 1. The molecule has 1 amide bonds. The Morgan fingerprint density at radius 1 is 1.37 bits per heavy atom. The molecular weight excluding hydrogens is 244 g/mol. The summed E-state index contributed by atoms with van der Waals surface area (Å²) in [5.41, 5.74) is 1.37. The third-order valence-electron chi connectivity index (χ3n) is 3.12. The molecule has 5 nitrogen and oxygen atoms in total. The van der Waals surface area contributed by atoms with Crippen molar-refractivity contribution < 1.29 is 14.7 Å². The van der Waals surface area contributed by atoms with Crippen LogP contribution in [0, 0.1) is 5.92 Å². The summed E-state index contributed by atoms with van der Waals surface area (Å²) in [4.78, 5) is 25.7. The van der Waals surface area contributed by atoms with Gasteiger partial charge in [-0.15, -0.1) is 0 Å². The molecule has 1 aromatic heterocycles. The van der Waals surface area contributed by atoms with Crippen LogP contribution < -0.4 is 5.32 Å². The van der Waals surface area contributed by atoms with Crippen LogP contribution in [0.3, 0.4) is 0 Å². The summed E-state index contributed by atoms with van der Waals surface area (Å²) in [6.07, 6.45) is 2.20. The first-order chi connectivity index (χ1) is 9.09. The Morgan fingerprint density at radius 3 is 2.89 bits per heavy atom. The topological polar surface area (TPSA) is 82.2 Å². The summed E-state index contributed by atoms with van der Waals surface area (Å²) in [5.74, 6) is -1.49. The predicted octanol–water partition coefficient (Wildman–Crippen LogP) is 2.01. The molecule has 0 saturated heterocycles. The number of hydrogen-bond acceptors (Lipinski definition) is 2. The van der Waals surface area contributed by atoms with Crippen molar-refractivity contribution in [2.45, 2.75) is 13.3 Å². The van der Waals surface area contributed by atoms with Gasteiger partial charge in [-0.1, -0.05) is 19.1 Å². The quantitative estimate of drug-likeness (QED) is 0.769. The highest BCUT2D eigenvalue weighted by atomic mass is 16.4. The van der Waals surface area contributed by atoms with Gasteiger partial charge in [-0.05, 0) is 18.6 Å². The highest BCUT2D eigenvalue weighted by molar-refractivity contribution is 6.05. The van der Waals surface area contributed by atoms with E-state index in [1.807, 2.05) is 18.2 Å². The zero-order valence-electron chi connectivity index (χ0n) is 10.6. The van der Waals surface area contributed by atoms with Gasteiger partial charge in [0, 0.05) is 18.1 Å². The molecule has 3 N–H and O–H groups in total. The SMILES string of the molecule is CC(CCNC(=O)c1cccc2cc[nH]c12)C(=O)O. The Balaban J connectivity index is 2.00. The number of carbonyl (C=O) groups is 2. The lowest BCUT2D eigenvalue weighted by Gasteiger charge is -2.08. The van der Waals surface area contributed by atoms with Crippen LogP contribution in [0.2, 0.25) is 0 Å². The average molecular weight is 260 g/mol. The van der Waals surface area contributed by atoms with Crippen molar-refractivity contribution in [3.63, 3.8) is 0 Å². The number of carboxylic acids is 1. The number of hydrogen-bond donors (Lipinski definition) is 3. The van der Waals surface area contributed by atoms with E-state index in [2.05, 4.69) is 10.3 Å². The lowest BCUT2D eigenvalue weighted by Crippen LogP contribution is -2.27. The van der Waals surface area contributed by atoms with Crippen molar-refractivity contribution in [3.05, 3.63) is 36.0 Å². The van der Waals surface area contributed by atoms with Crippen LogP contribution in [0.1, 0.15) is 23.7 Å². The van der Waals surface area contributed by atoms with Gasteiger partial charge in [0.15, 0.2) is 0 Å². The normalized spacial score (nSPS) is 12.3. The molecule has 2 aromatic rings. The molecule has 0 radical (unpaired) electrons. The van der Waals surface area contributed by atoms with Crippen molar-refractivity contribution in [1.82, 2.24) is 10.3 Å². The summed E-state index contributed by atoms with van der Waals surface area (Å²) >= 11 is 0. The fourth-order valence-electron chi connectivity index (χ4n) is 1.90. The molecule has 1 aromatic carbocycles. The average Bonchev–Trinajstić information content (AvgIpc) is 2.86. The molecular formula is C14H16N2O3. The molecule has 1 unspecified atom stereocenters. The van der Waals surface area contributed by atoms with Gasteiger partial charge in [0.1, 0.15) is 0 Å². The lowest BCUT2D eigenvalue weighted by atomic mass is 10.1. The molecule has 5 heteroatoms. The highest BCUT2D eigenvalue weighted by Crippen LogP contribution is 2.16. The first-order valence-electron chi connectivity index (χ1n) is 6.16. The number of carboxylic acid groups (broad SMARTS) is 1. The number of para-hydroxylation sites is 1. The van der Waals surface area contributed by atoms with Gasteiger partial charge in [0.25, 0.3) is 5.91 Å². The third-order valence-corrected chi connectivity index (χ3v) is 3.12. The second-order valence-electron chi connectivity index (χ2n) is 4.53. The van der Waals surface area contributed by atoms with E-state index < -0.39 is 11.9 Å². The van der Waals surface area contributed by atoms with E-state index in [1.54, 1.807) is 19.2 Å². The van der Waals surface area contributed by atoms with Gasteiger partial charge in [-0.3, -0.25) is 9.59 Å². The minimum atomic E-state index is -0.847. The van der Waals surface area contributed by atoms with E-state index in [4.69, 9.17) is 5.11 Å². The van der Waals surface area contributed by atoms with Gasteiger partial charge < -0.3 is 15.4 Å². The summed E-state index contributed by atoms with van der Waals surface area (Å²) in [6, 6.07) is 7.40. The molecule has 0 bridgehead atoms. The Morgan fingerprint density at radius 2 is 2.16 bits per heavy atom. The number of aliphatic carboxylic acids is 1. The molecule has 0 aliphatic heterocycles. The number of nitrogens with one attached hydrogen (secondary N) is 2. The van der Waals surface area contributed by atoms with Crippen molar-refractivity contribution in [1.29, 1.82) is 0 Å². The maximum Gasteiger partial charge on any atom is 0.306 e. The number of amides is 1. The summed E-state index contributed by atoms with van der Waals surface area (Å²) in [7, 11) is 0. The Kier molecular flexibility index (Phi) is 3.85. The maximum absolute atomic E-state index is 12.0. The molecule has 0 fully saturated rings. The minimum Gasteiger partial charge on any atom is -0.481 e. The van der Waals surface area contributed by atoms with E-state index in [9.17, 15) is 9.59 Å². The lowest BCUT2D eigenvalue weighted by molar-refractivity contribution is -0.141. The van der Waals surface area contributed by atoms with Gasteiger partial charge >= 0.3 is 5.97 Å². The van der Waals surface area contributed by atoms with Crippen molar-refractivity contribution in [3.8, 4) is 0 Å². The first kappa shape index (κ1) is 13.1. The first-order valence-corrected chi connectivity index (χ1v) is 6.16. The molecule has 0 aliphatic carbocycles. The van der Waals surface area contributed by atoms with Crippen LogP contribution in [0.4, 0.5) is 0 Å². The number of rotatable bonds is 5. The zero-order valence-corrected chi connectivity index (χ0v) is 10.6. The van der Waals surface area contributed by atoms with Gasteiger partial charge in [-0.2, -0.15) is 0 Å². The highest BCUT2D eigenvalue weighted by Gasteiger charge is 2.13. The summed E-state index contributed by atoms with van der Waals surface area (Å²) < 4.78 is 0. The molecule has 0 aliphatic rings. The number of carbonyl (C=O) groups excluding carboxylic acids is 1. The van der Waals surface area contributed by atoms with Crippen LogP contribution in [0.15, 0.2) is 30.5 Å². The fraction of sp³-hybridized carbons (Fsp3) is 0.286. The molecule has 0 saturated carbocycles. The Labute approximate surface area is 110 Å². The van der Waals surface area contributed by atoms with Crippen LogP contribution in [0.5, 0.6) is 0 Å². The van der Waals surface area contributed by atoms with Crippen molar-refractivity contribution in [2.75, 3.05) is 6.54 Å². The molecule has 0 spiro atoms. The number of aromatic amines is 1. The van der Waals surface area contributed by atoms with Crippen LogP contribution in [-0.2, 0) is 4.79 Å². The number of benzene rings is 1. The molecule has 1 heterocycles. The van der Waals surface area contributed by atoms with E-state index in [1.165, 1.54) is 0 Å². The van der Waals surface area contributed by atoms with E-state index >= 15 is 0 Å². The number of H-pyrrole nitrogens is 1. The van der Waals surface area contributed by atoms with Crippen LogP contribution in [-0.4, -0.2) is 28.5 Å². The third kappa shape index (κ3) is 2.93. The predicted molar refractivity (Wildman–Crippen MR) is 72.0 cm³/mol. The second kappa shape index (κ2) is 5.56. The van der Waals surface area contributed by atoms with E-state index in [0.29, 0.717) is 18.5 Å². The van der Waals surface area contributed by atoms with Gasteiger partial charge in [0.2, 0.25) is 0 Å². The second-order valence-corrected chi connectivity index (χ2v) is 4.53. The van der Waals surface area contributed by atoms with E-state index in [-0.39, 0.29) is 5.91 Å². The fourth-order valence-corrected chi connectivity index (χ4v) is 1.90. The standard InChI is InChI=1S/C14H16N2O3/c1-9(14(18)19)5-7-16-13(17)11-4-2-3-10-6-8-15-12(10)11/h2-4,6,8-9,15H,5,7H2,1H3,(H,16,17)(H,18,19). The molecule has 2 rings (SSSR count). The summed E-state index contributed by atoms with van der Waals surface area (Å²) in [6.45, 7) is 1.98. The maximum atomic E-state index is 12.0. The zero-order chi connectivity index (χ0) is 13.8. The molecule has 100 valence electrons. The molecule has 19 heavy (non-hydrogen) atoms. The van der Waals surface area contributed by atoms with Crippen molar-refractivity contribution >= 4 is 22.8 Å². The van der Waals surface area contributed by atoms with Crippen LogP contribution in [0.25, 0.3) is 10.9 Å². The largest absolute Gasteiger partial charge is 0.481 e. The van der Waals surface area contributed by atoms with Crippen molar-refractivity contribution in [2.24, 2.45) is 5.92 Å². The van der Waals surface area contributed by atoms with Gasteiger partial charge in [0.05, 0.1) is 17.0 Å². The monoisotopic (exact) mass is 260 g/mol. The smallest absolute Gasteiger partial charge is 0.306 e. The van der Waals surface area contributed by atoms with Crippen LogP contribution >= 0.6 is 0 Å².